The molecular formula is C46H50F4N2O4S2Ti. The van der Waals surface area contributed by atoms with E-state index in [0.29, 0.717) is 12.8 Å². The van der Waals surface area contributed by atoms with E-state index in [1.165, 1.54) is 45.0 Å². The fourth-order valence-corrected chi connectivity index (χ4v) is 8.08. The first-order valence-electron chi connectivity index (χ1n) is 18.9. The Bertz CT molecular complexity index is 2070. The molecule has 0 N–H and O–H groups in total. The molecule has 0 aromatic heterocycles. The first-order chi connectivity index (χ1) is 27.7. The van der Waals surface area contributed by atoms with Crippen LogP contribution < -0.4 is 0 Å². The van der Waals surface area contributed by atoms with Gasteiger partial charge in [0.05, 0.1) is 9.79 Å². The van der Waals surface area contributed by atoms with Gasteiger partial charge in [-0.15, -0.1) is 35.4 Å². The number of unbranched alkanes of at least 4 members (excludes halogenated alkanes) is 2. The SMILES string of the molecule is CCCCN(Cc1ccc(F)[c-]c1F)S(=O)(=O)c1ccc(C)cc1.CCCCN(Cc1ccc(F)[c-]c1F)S(=O)(=O)c1ccc(C)cc1.[Ti+4].c1cc[cH-]c1.c1cc[cH-]c1. The van der Waals surface area contributed by atoms with Crippen LogP contribution in [0.1, 0.15) is 61.8 Å². The molecule has 0 aliphatic heterocycles. The largest absolute Gasteiger partial charge is 4.00 e. The van der Waals surface area contributed by atoms with Crippen molar-refractivity contribution >= 4 is 20.0 Å². The summed E-state index contributed by atoms with van der Waals surface area (Å²) in [4.78, 5) is 0.325. The van der Waals surface area contributed by atoms with Gasteiger partial charge in [-0.05, 0) is 64.0 Å². The van der Waals surface area contributed by atoms with E-state index in [4.69, 9.17) is 0 Å². The molecule has 0 aliphatic rings. The first-order valence-corrected chi connectivity index (χ1v) is 21.8. The van der Waals surface area contributed by atoms with Crippen LogP contribution in [0.15, 0.2) is 143 Å². The van der Waals surface area contributed by atoms with Crippen molar-refractivity contribution in [2.45, 2.75) is 76.3 Å². The van der Waals surface area contributed by atoms with Gasteiger partial charge in [-0.25, -0.2) is 67.3 Å². The topological polar surface area (TPSA) is 74.8 Å². The molecule has 312 valence electrons. The number of halogens is 4. The molecule has 0 bridgehead atoms. The van der Waals surface area contributed by atoms with Crippen molar-refractivity contribution in [2.75, 3.05) is 13.1 Å². The van der Waals surface area contributed by atoms with Crippen LogP contribution in [-0.2, 0) is 54.9 Å². The molecule has 13 heteroatoms. The molecule has 0 amide bonds. The molecular weight excluding hydrogens is 833 g/mol. The van der Waals surface area contributed by atoms with Crippen molar-refractivity contribution in [3.63, 3.8) is 0 Å². The summed E-state index contributed by atoms with van der Waals surface area (Å²) in [5, 5.41) is 0. The smallest absolute Gasteiger partial charge is 0.236 e. The minimum Gasteiger partial charge on any atom is -0.236 e. The van der Waals surface area contributed by atoms with Crippen molar-refractivity contribution in [2.24, 2.45) is 0 Å². The van der Waals surface area contributed by atoms with Crippen LogP contribution in [0.3, 0.4) is 0 Å². The molecule has 0 saturated carbocycles. The van der Waals surface area contributed by atoms with Crippen LogP contribution in [-0.4, -0.2) is 38.5 Å². The van der Waals surface area contributed by atoms with Crippen LogP contribution in [0.4, 0.5) is 17.6 Å². The van der Waals surface area contributed by atoms with E-state index in [1.807, 2.05) is 100 Å². The Kier molecular flexibility index (Phi) is 22.6. The van der Waals surface area contributed by atoms with Crippen LogP contribution >= 0.6 is 0 Å². The van der Waals surface area contributed by atoms with Crippen LogP contribution in [0.2, 0.25) is 0 Å². The molecule has 0 aliphatic carbocycles. The van der Waals surface area contributed by atoms with Crippen molar-refractivity contribution in [3.8, 4) is 0 Å². The van der Waals surface area contributed by atoms with Gasteiger partial charge in [0.2, 0.25) is 20.0 Å². The van der Waals surface area contributed by atoms with E-state index < -0.39 is 43.3 Å². The van der Waals surface area contributed by atoms with E-state index in [9.17, 15) is 34.4 Å². The normalized spacial score (nSPS) is 11.0. The molecule has 6 aromatic rings. The second kappa shape index (κ2) is 26.1. The Labute approximate surface area is 363 Å². The maximum absolute atomic E-state index is 13.9. The molecule has 6 aromatic carbocycles. The van der Waals surface area contributed by atoms with E-state index in [1.54, 1.807) is 24.3 Å². The Morgan fingerprint density at radius 2 is 0.847 bits per heavy atom. The summed E-state index contributed by atoms with van der Waals surface area (Å²) in [5.41, 5.74) is 2.10. The number of hydrogen-bond donors (Lipinski definition) is 0. The average Bonchev–Trinajstić information content (AvgIpc) is 3.98. The minimum atomic E-state index is -3.76. The minimum absolute atomic E-state index is 0. The predicted molar refractivity (Wildman–Crippen MR) is 222 cm³/mol. The number of aryl methyl sites for hydroxylation is 2. The fourth-order valence-electron chi connectivity index (χ4n) is 5.17. The summed E-state index contributed by atoms with van der Waals surface area (Å²) >= 11 is 0. The molecule has 0 spiro atoms. The monoisotopic (exact) mass is 882 g/mol. The second-order valence-electron chi connectivity index (χ2n) is 13.2. The molecule has 0 heterocycles. The van der Waals surface area contributed by atoms with Gasteiger partial charge < -0.3 is 0 Å². The third-order valence-electron chi connectivity index (χ3n) is 8.53. The Morgan fingerprint density at radius 1 is 0.525 bits per heavy atom. The van der Waals surface area contributed by atoms with Gasteiger partial charge >= 0.3 is 21.7 Å². The number of hydrogen-bond acceptors (Lipinski definition) is 4. The van der Waals surface area contributed by atoms with Crippen LogP contribution in [0.5, 0.6) is 0 Å². The summed E-state index contributed by atoms with van der Waals surface area (Å²) in [6.07, 6.45) is 2.91. The zero-order valence-corrected chi connectivity index (χ0v) is 36.9. The number of nitrogens with zero attached hydrogens (tertiary/aromatic N) is 2. The van der Waals surface area contributed by atoms with E-state index in [0.717, 1.165) is 36.1 Å². The second-order valence-corrected chi connectivity index (χ2v) is 17.1. The number of rotatable bonds is 14. The van der Waals surface area contributed by atoms with Gasteiger partial charge in [-0.2, -0.15) is 48.5 Å². The fraction of sp³-hybridized carbons (Fsp3) is 0.261. The van der Waals surface area contributed by atoms with Crippen molar-refractivity contribution in [1.29, 1.82) is 0 Å². The first kappa shape index (κ1) is 51.0. The van der Waals surface area contributed by atoms with Crippen molar-refractivity contribution < 1.29 is 56.1 Å². The van der Waals surface area contributed by atoms with Gasteiger partial charge in [0.15, 0.2) is 0 Å². The molecule has 59 heavy (non-hydrogen) atoms. The summed E-state index contributed by atoms with van der Waals surface area (Å²) in [6, 6.07) is 41.6. The molecule has 0 unspecified atom stereocenters. The van der Waals surface area contributed by atoms with Gasteiger partial charge in [0, 0.05) is 36.4 Å². The molecule has 0 atom stereocenters. The summed E-state index contributed by atoms with van der Waals surface area (Å²) in [5.74, 6) is -3.35. The quantitative estimate of drug-likeness (QED) is 0.0620. The third-order valence-corrected chi connectivity index (χ3v) is 12.2. The van der Waals surface area contributed by atoms with Gasteiger partial charge in [0.1, 0.15) is 0 Å². The van der Waals surface area contributed by atoms with Crippen LogP contribution in [0, 0.1) is 49.2 Å². The van der Waals surface area contributed by atoms with Crippen molar-refractivity contribution in [3.05, 3.63) is 191 Å². The van der Waals surface area contributed by atoms with E-state index >= 15 is 0 Å². The maximum Gasteiger partial charge on any atom is 4.00 e. The molecule has 6 rings (SSSR count). The van der Waals surface area contributed by atoms with E-state index in [-0.39, 0.29) is 68.8 Å². The standard InChI is InChI=1S/2C18H20F2NO2S.2C5H5.Ti/c2*1-3-4-11-21(13-15-7-8-16(19)12-18(15)20)24(22,23)17-9-5-14(2)6-10-17;2*1-2-4-5-3-1;/h2*5-10H,3-4,11,13H2,1-2H3;2*1-5H;/q4*-1;+4. The molecule has 0 radical (unpaired) electrons. The Balaban J connectivity index is 0.000000323. The van der Waals surface area contributed by atoms with Crippen LogP contribution in [0.25, 0.3) is 0 Å². The summed E-state index contributed by atoms with van der Waals surface area (Å²) in [6.45, 7) is 7.86. The molecule has 6 nitrogen and oxygen atoms in total. The zero-order chi connectivity index (χ0) is 42.6. The maximum atomic E-state index is 13.9. The summed E-state index contributed by atoms with van der Waals surface area (Å²) < 4.78 is 108. The third kappa shape index (κ3) is 17.2. The molecule has 0 saturated heterocycles. The Hall–Kier alpha value is -4.17. The number of benzene rings is 4. The van der Waals surface area contributed by atoms with Gasteiger partial charge in [-0.3, -0.25) is 0 Å². The van der Waals surface area contributed by atoms with Gasteiger partial charge in [0.25, 0.3) is 0 Å². The summed E-state index contributed by atoms with van der Waals surface area (Å²) in [7, 11) is -7.51. The van der Waals surface area contributed by atoms with Gasteiger partial charge in [-0.1, -0.05) is 62.1 Å². The average molecular weight is 883 g/mol. The van der Waals surface area contributed by atoms with E-state index in [2.05, 4.69) is 0 Å². The number of sulfonamides is 2. The Morgan fingerprint density at radius 3 is 1.10 bits per heavy atom. The predicted octanol–water partition coefficient (Wildman–Crippen LogP) is 10.9. The van der Waals surface area contributed by atoms with Crippen molar-refractivity contribution in [1.82, 2.24) is 8.61 Å². The molecule has 0 fully saturated rings. The zero-order valence-electron chi connectivity index (χ0n) is 33.7.